The molecule has 2 nitrogen and oxygen atoms in total. The Labute approximate surface area is 90.9 Å². The van der Waals surface area contributed by atoms with E-state index in [0.717, 1.165) is 13.0 Å². The average Bonchev–Trinajstić information content (AvgIpc) is 2.67. The summed E-state index contributed by atoms with van der Waals surface area (Å²) in [4.78, 5) is 0. The molecule has 1 aliphatic rings. The summed E-state index contributed by atoms with van der Waals surface area (Å²) in [6, 6.07) is 10.4. The third-order valence-corrected chi connectivity index (χ3v) is 3.06. The van der Waals surface area contributed by atoms with Crippen LogP contribution in [0.2, 0.25) is 0 Å². The Morgan fingerprint density at radius 1 is 1.27 bits per heavy atom. The van der Waals surface area contributed by atoms with Gasteiger partial charge < -0.3 is 9.84 Å². The molecule has 0 amide bonds. The highest BCUT2D eigenvalue weighted by atomic mass is 16.5. The van der Waals surface area contributed by atoms with Crippen LogP contribution in [0, 0.1) is 0 Å². The first-order chi connectivity index (χ1) is 7.07. The van der Waals surface area contributed by atoms with Gasteiger partial charge in [0.1, 0.15) is 0 Å². The minimum Gasteiger partial charge on any atom is -0.388 e. The molecule has 0 unspecified atom stereocenters. The lowest BCUT2D eigenvalue weighted by atomic mass is 9.91. The zero-order valence-electron chi connectivity index (χ0n) is 9.31. The second-order valence-electron chi connectivity index (χ2n) is 4.82. The van der Waals surface area contributed by atoms with Gasteiger partial charge in [0.15, 0.2) is 0 Å². The highest BCUT2D eigenvalue weighted by Gasteiger charge is 2.36. The molecule has 0 spiro atoms. The molecule has 1 aliphatic heterocycles. The van der Waals surface area contributed by atoms with Gasteiger partial charge in [0.2, 0.25) is 0 Å². The molecule has 2 heteroatoms. The minimum atomic E-state index is -0.733. The van der Waals surface area contributed by atoms with Crippen molar-refractivity contribution in [3.8, 4) is 0 Å². The average molecular weight is 206 g/mol. The van der Waals surface area contributed by atoms with Crippen molar-refractivity contribution in [1.82, 2.24) is 0 Å². The van der Waals surface area contributed by atoms with Gasteiger partial charge in [0.05, 0.1) is 18.3 Å². The molecule has 0 saturated carbocycles. The first-order valence-corrected chi connectivity index (χ1v) is 5.46. The quantitative estimate of drug-likeness (QED) is 0.804. The van der Waals surface area contributed by atoms with Crippen molar-refractivity contribution in [2.75, 3.05) is 6.61 Å². The maximum absolute atomic E-state index is 9.86. The van der Waals surface area contributed by atoms with E-state index in [1.54, 1.807) is 0 Å². The summed E-state index contributed by atoms with van der Waals surface area (Å²) in [5, 5.41) is 9.86. The lowest BCUT2D eigenvalue weighted by Gasteiger charge is -2.24. The Balaban J connectivity index is 2.05. The van der Waals surface area contributed by atoms with Crippen LogP contribution in [0.3, 0.4) is 0 Å². The highest BCUT2D eigenvalue weighted by Crippen LogP contribution is 2.33. The molecule has 2 rings (SSSR count). The number of aliphatic hydroxyl groups is 1. The summed E-state index contributed by atoms with van der Waals surface area (Å²) in [5.41, 5.74) is 0.577. The molecule has 82 valence electrons. The van der Waals surface area contributed by atoms with Gasteiger partial charge in [-0.3, -0.25) is 0 Å². The van der Waals surface area contributed by atoms with E-state index in [2.05, 4.69) is 12.1 Å². The minimum absolute atomic E-state index is 0.0392. The van der Waals surface area contributed by atoms with Gasteiger partial charge in [0.25, 0.3) is 0 Å². The summed E-state index contributed by atoms with van der Waals surface area (Å²) < 4.78 is 5.63. The zero-order chi connectivity index (χ0) is 10.9. The van der Waals surface area contributed by atoms with Crippen molar-refractivity contribution in [3.05, 3.63) is 35.9 Å². The summed E-state index contributed by atoms with van der Waals surface area (Å²) in [6.45, 7) is 4.34. The standard InChI is InChI=1S/C13H18O2/c1-13(2,14)12-8-11(9-15-12)10-6-4-3-5-7-10/h3-7,11-12,14H,8-9H2,1-2H3/t11-,12+/m0/s1. The predicted molar refractivity (Wildman–Crippen MR) is 59.8 cm³/mol. The Morgan fingerprint density at radius 3 is 2.47 bits per heavy atom. The van der Waals surface area contributed by atoms with E-state index < -0.39 is 5.60 Å². The summed E-state index contributed by atoms with van der Waals surface area (Å²) in [6.07, 6.45) is 0.871. The molecule has 2 atom stereocenters. The van der Waals surface area contributed by atoms with E-state index in [0.29, 0.717) is 5.92 Å². The SMILES string of the molecule is CC(C)(O)[C@H]1C[C@H](c2ccccc2)CO1. The van der Waals surface area contributed by atoms with Gasteiger partial charge in [0, 0.05) is 5.92 Å². The second kappa shape index (κ2) is 3.95. The molecule has 1 aromatic carbocycles. The van der Waals surface area contributed by atoms with E-state index in [4.69, 9.17) is 4.74 Å². The topological polar surface area (TPSA) is 29.5 Å². The van der Waals surface area contributed by atoms with Crippen molar-refractivity contribution in [3.63, 3.8) is 0 Å². The summed E-state index contributed by atoms with van der Waals surface area (Å²) >= 11 is 0. The van der Waals surface area contributed by atoms with Crippen LogP contribution in [0.15, 0.2) is 30.3 Å². The van der Waals surface area contributed by atoms with Crippen LogP contribution >= 0.6 is 0 Å². The third-order valence-electron chi connectivity index (χ3n) is 3.06. The number of benzene rings is 1. The Bertz CT molecular complexity index is 313. The number of hydrogen-bond acceptors (Lipinski definition) is 2. The molecule has 1 heterocycles. The van der Waals surface area contributed by atoms with Gasteiger partial charge in [-0.1, -0.05) is 30.3 Å². The normalized spacial score (nSPS) is 26.9. The van der Waals surface area contributed by atoms with Gasteiger partial charge in [-0.05, 0) is 25.8 Å². The summed E-state index contributed by atoms with van der Waals surface area (Å²) in [7, 11) is 0. The predicted octanol–water partition coefficient (Wildman–Crippen LogP) is 2.33. The van der Waals surface area contributed by atoms with Gasteiger partial charge in [-0.15, -0.1) is 0 Å². The Hall–Kier alpha value is -0.860. The Morgan fingerprint density at radius 2 is 1.93 bits per heavy atom. The second-order valence-corrected chi connectivity index (χ2v) is 4.82. The molecule has 1 saturated heterocycles. The molecule has 15 heavy (non-hydrogen) atoms. The van der Waals surface area contributed by atoms with E-state index in [9.17, 15) is 5.11 Å². The van der Waals surface area contributed by atoms with E-state index in [1.807, 2.05) is 32.0 Å². The molecular formula is C13H18O2. The molecule has 1 aromatic rings. The monoisotopic (exact) mass is 206 g/mol. The lowest BCUT2D eigenvalue weighted by Crippen LogP contribution is -2.35. The van der Waals surface area contributed by atoms with E-state index in [-0.39, 0.29) is 6.10 Å². The first kappa shape index (κ1) is 10.7. The fraction of sp³-hybridized carbons (Fsp3) is 0.538. The van der Waals surface area contributed by atoms with Crippen molar-refractivity contribution >= 4 is 0 Å². The molecule has 0 radical (unpaired) electrons. The summed E-state index contributed by atoms with van der Waals surface area (Å²) in [5.74, 6) is 0.433. The molecular weight excluding hydrogens is 188 g/mol. The maximum atomic E-state index is 9.86. The van der Waals surface area contributed by atoms with Gasteiger partial charge in [-0.25, -0.2) is 0 Å². The van der Waals surface area contributed by atoms with Crippen molar-refractivity contribution in [2.24, 2.45) is 0 Å². The van der Waals surface area contributed by atoms with Crippen LogP contribution < -0.4 is 0 Å². The zero-order valence-corrected chi connectivity index (χ0v) is 9.31. The number of ether oxygens (including phenoxy) is 1. The van der Waals surface area contributed by atoms with Crippen LogP contribution in [0.25, 0.3) is 0 Å². The molecule has 1 N–H and O–H groups in total. The fourth-order valence-corrected chi connectivity index (χ4v) is 2.08. The lowest BCUT2D eigenvalue weighted by molar-refractivity contribution is -0.0600. The smallest absolute Gasteiger partial charge is 0.0863 e. The highest BCUT2D eigenvalue weighted by molar-refractivity contribution is 5.21. The van der Waals surface area contributed by atoms with E-state index >= 15 is 0 Å². The van der Waals surface area contributed by atoms with Crippen LogP contribution in [-0.2, 0) is 4.74 Å². The molecule has 0 aliphatic carbocycles. The van der Waals surface area contributed by atoms with Gasteiger partial charge in [-0.2, -0.15) is 0 Å². The van der Waals surface area contributed by atoms with Crippen LogP contribution in [0.5, 0.6) is 0 Å². The number of rotatable bonds is 2. The van der Waals surface area contributed by atoms with Crippen molar-refractivity contribution in [1.29, 1.82) is 0 Å². The molecule has 1 fully saturated rings. The number of hydrogen-bond donors (Lipinski definition) is 1. The molecule has 0 bridgehead atoms. The van der Waals surface area contributed by atoms with Gasteiger partial charge >= 0.3 is 0 Å². The maximum Gasteiger partial charge on any atom is 0.0863 e. The molecule has 0 aromatic heterocycles. The van der Waals surface area contributed by atoms with Crippen LogP contribution in [-0.4, -0.2) is 23.4 Å². The van der Waals surface area contributed by atoms with E-state index in [1.165, 1.54) is 5.56 Å². The largest absolute Gasteiger partial charge is 0.388 e. The van der Waals surface area contributed by atoms with Crippen molar-refractivity contribution < 1.29 is 9.84 Å². The third kappa shape index (κ3) is 2.39. The first-order valence-electron chi connectivity index (χ1n) is 5.46. The van der Waals surface area contributed by atoms with Crippen molar-refractivity contribution in [2.45, 2.75) is 37.9 Å². The van der Waals surface area contributed by atoms with Crippen LogP contribution in [0.1, 0.15) is 31.7 Å². The fourth-order valence-electron chi connectivity index (χ4n) is 2.08. The Kier molecular flexibility index (Phi) is 2.81. The van der Waals surface area contributed by atoms with Crippen LogP contribution in [0.4, 0.5) is 0 Å².